The molecule has 0 aliphatic carbocycles. The summed E-state index contributed by atoms with van der Waals surface area (Å²) in [7, 11) is 1.83. The van der Waals surface area contributed by atoms with Crippen molar-refractivity contribution >= 4 is 11.6 Å². The number of rotatable bonds is 3. The van der Waals surface area contributed by atoms with Gasteiger partial charge in [-0.25, -0.2) is 4.98 Å². The second kappa shape index (κ2) is 6.71. The van der Waals surface area contributed by atoms with Gasteiger partial charge in [0.1, 0.15) is 17.5 Å². The molecule has 0 radical (unpaired) electrons. The molecule has 1 aliphatic heterocycles. The number of hydrogen-bond donors (Lipinski definition) is 1. The number of nitrogens with zero attached hydrogens (tertiary/aromatic N) is 5. The molecule has 24 heavy (non-hydrogen) atoms. The fourth-order valence-corrected chi connectivity index (χ4v) is 2.85. The van der Waals surface area contributed by atoms with Crippen molar-refractivity contribution in [2.45, 2.75) is 25.8 Å². The Morgan fingerprint density at radius 2 is 2.12 bits per heavy atom. The molecule has 3 heterocycles. The molecular weight excluding hydrogens is 304 g/mol. The average molecular weight is 324 g/mol. The fraction of sp³-hybridized carbons (Fsp3) is 0.412. The maximum atomic E-state index is 12.3. The number of hydrogen-bond acceptors (Lipinski definition) is 5. The largest absolute Gasteiger partial charge is 0.370 e. The van der Waals surface area contributed by atoms with E-state index in [2.05, 4.69) is 20.3 Å². The Balaban J connectivity index is 1.55. The van der Waals surface area contributed by atoms with Crippen molar-refractivity contribution in [1.82, 2.24) is 20.1 Å². The minimum atomic E-state index is -0.114. The molecule has 1 amide bonds. The normalized spacial score (nSPS) is 15.1. The second-order valence-corrected chi connectivity index (χ2v) is 6.04. The molecule has 7 nitrogen and oxygen atoms in total. The van der Waals surface area contributed by atoms with Crippen LogP contribution in [0.25, 0.3) is 0 Å². The standard InChI is InChI=1S/C17H20N6O/c1-12-9-16(21-22(12)2)17(24)20-13-5-7-23(8-6-13)15-4-3-14(10-18)19-11-15/h3-4,9,11,13H,5-8H2,1-2H3,(H,20,24). The van der Waals surface area contributed by atoms with Crippen LogP contribution in [-0.2, 0) is 7.05 Å². The van der Waals surface area contributed by atoms with Crippen molar-refractivity contribution in [2.75, 3.05) is 18.0 Å². The van der Waals surface area contributed by atoms with Gasteiger partial charge in [-0.05, 0) is 38.0 Å². The lowest BCUT2D eigenvalue weighted by Gasteiger charge is -2.33. The minimum absolute atomic E-state index is 0.114. The third kappa shape index (κ3) is 3.38. The van der Waals surface area contributed by atoms with Crippen LogP contribution >= 0.6 is 0 Å². The first-order valence-electron chi connectivity index (χ1n) is 7.99. The molecule has 0 spiro atoms. The predicted octanol–water partition coefficient (Wildman–Crippen LogP) is 1.39. The first kappa shape index (κ1) is 16.0. The first-order chi connectivity index (χ1) is 11.6. The highest BCUT2D eigenvalue weighted by molar-refractivity contribution is 5.92. The van der Waals surface area contributed by atoms with Gasteiger partial charge in [-0.3, -0.25) is 9.48 Å². The van der Waals surface area contributed by atoms with Crippen molar-refractivity contribution in [2.24, 2.45) is 7.05 Å². The van der Waals surface area contributed by atoms with E-state index in [1.807, 2.05) is 26.1 Å². The zero-order valence-corrected chi connectivity index (χ0v) is 13.9. The highest BCUT2D eigenvalue weighted by Crippen LogP contribution is 2.19. The van der Waals surface area contributed by atoms with Crippen LogP contribution in [0.4, 0.5) is 5.69 Å². The van der Waals surface area contributed by atoms with Gasteiger partial charge >= 0.3 is 0 Å². The first-order valence-corrected chi connectivity index (χ1v) is 7.99. The third-order valence-electron chi connectivity index (χ3n) is 4.40. The quantitative estimate of drug-likeness (QED) is 0.922. The van der Waals surface area contributed by atoms with Crippen LogP contribution in [0.5, 0.6) is 0 Å². The van der Waals surface area contributed by atoms with Gasteiger partial charge in [0, 0.05) is 31.9 Å². The number of aryl methyl sites for hydroxylation is 2. The summed E-state index contributed by atoms with van der Waals surface area (Å²) in [6.07, 6.45) is 3.48. The highest BCUT2D eigenvalue weighted by Gasteiger charge is 2.22. The maximum Gasteiger partial charge on any atom is 0.272 e. The summed E-state index contributed by atoms with van der Waals surface area (Å²) in [6.45, 7) is 3.62. The second-order valence-electron chi connectivity index (χ2n) is 6.04. The van der Waals surface area contributed by atoms with Crippen LogP contribution in [0.15, 0.2) is 24.4 Å². The molecule has 1 N–H and O–H groups in total. The summed E-state index contributed by atoms with van der Waals surface area (Å²) < 4.78 is 1.70. The van der Waals surface area contributed by atoms with Gasteiger partial charge in [0.25, 0.3) is 5.91 Å². The molecule has 1 saturated heterocycles. The summed E-state index contributed by atoms with van der Waals surface area (Å²) >= 11 is 0. The minimum Gasteiger partial charge on any atom is -0.370 e. The van der Waals surface area contributed by atoms with Gasteiger partial charge in [-0.15, -0.1) is 0 Å². The molecule has 124 valence electrons. The number of aromatic nitrogens is 3. The number of carbonyl (C=O) groups excluding carboxylic acids is 1. The van der Waals surface area contributed by atoms with Crippen LogP contribution in [0.2, 0.25) is 0 Å². The number of amides is 1. The van der Waals surface area contributed by atoms with Gasteiger partial charge in [0.15, 0.2) is 0 Å². The molecule has 0 aromatic carbocycles. The SMILES string of the molecule is Cc1cc(C(=O)NC2CCN(c3ccc(C#N)nc3)CC2)nn1C. The Morgan fingerprint density at radius 1 is 1.38 bits per heavy atom. The smallest absolute Gasteiger partial charge is 0.272 e. The summed E-state index contributed by atoms with van der Waals surface area (Å²) in [6, 6.07) is 7.62. The summed E-state index contributed by atoms with van der Waals surface area (Å²) in [5.74, 6) is -0.114. The fourth-order valence-electron chi connectivity index (χ4n) is 2.85. The van der Waals surface area contributed by atoms with Gasteiger partial charge < -0.3 is 10.2 Å². The number of nitrogens with one attached hydrogen (secondary N) is 1. The predicted molar refractivity (Wildman–Crippen MR) is 89.6 cm³/mol. The van der Waals surface area contributed by atoms with Crippen LogP contribution < -0.4 is 10.2 Å². The number of piperidine rings is 1. The summed E-state index contributed by atoms with van der Waals surface area (Å²) in [4.78, 5) is 18.6. The van der Waals surface area contributed by atoms with E-state index in [4.69, 9.17) is 5.26 Å². The molecule has 2 aromatic rings. The summed E-state index contributed by atoms with van der Waals surface area (Å²) in [5, 5.41) is 16.1. The van der Waals surface area contributed by atoms with Crippen molar-refractivity contribution in [3.8, 4) is 6.07 Å². The van der Waals surface area contributed by atoms with E-state index in [0.29, 0.717) is 11.4 Å². The lowest BCUT2D eigenvalue weighted by atomic mass is 10.0. The lowest BCUT2D eigenvalue weighted by molar-refractivity contribution is 0.0925. The number of carbonyl (C=O) groups is 1. The number of nitriles is 1. The monoisotopic (exact) mass is 324 g/mol. The topological polar surface area (TPSA) is 86.8 Å². The third-order valence-corrected chi connectivity index (χ3v) is 4.40. The van der Waals surface area contributed by atoms with Crippen LogP contribution in [-0.4, -0.2) is 39.8 Å². The molecule has 1 aliphatic rings. The Bertz CT molecular complexity index is 746. The van der Waals surface area contributed by atoms with Crippen molar-refractivity contribution in [3.63, 3.8) is 0 Å². The Kier molecular flexibility index (Phi) is 4.47. The molecule has 0 atom stereocenters. The average Bonchev–Trinajstić information content (AvgIpc) is 2.95. The molecule has 7 heteroatoms. The maximum absolute atomic E-state index is 12.3. The van der Waals surface area contributed by atoms with Crippen molar-refractivity contribution in [1.29, 1.82) is 5.26 Å². The molecule has 0 saturated carbocycles. The number of anilines is 1. The zero-order valence-electron chi connectivity index (χ0n) is 13.9. The molecular formula is C17H20N6O. The van der Waals surface area contributed by atoms with Crippen LogP contribution in [0, 0.1) is 18.3 Å². The molecule has 2 aromatic heterocycles. The molecule has 3 rings (SSSR count). The van der Waals surface area contributed by atoms with Crippen LogP contribution in [0.3, 0.4) is 0 Å². The van der Waals surface area contributed by atoms with E-state index in [-0.39, 0.29) is 11.9 Å². The van der Waals surface area contributed by atoms with Crippen molar-refractivity contribution < 1.29 is 4.79 Å². The number of pyridine rings is 1. The molecule has 0 bridgehead atoms. The zero-order chi connectivity index (χ0) is 17.1. The van der Waals surface area contributed by atoms with E-state index in [0.717, 1.165) is 37.3 Å². The Labute approximate surface area is 140 Å². The molecule has 1 fully saturated rings. The van der Waals surface area contributed by atoms with Gasteiger partial charge in [0.05, 0.1) is 11.9 Å². The van der Waals surface area contributed by atoms with Crippen LogP contribution in [0.1, 0.15) is 34.7 Å². The highest BCUT2D eigenvalue weighted by atomic mass is 16.2. The lowest BCUT2D eigenvalue weighted by Crippen LogP contribution is -2.44. The van der Waals surface area contributed by atoms with E-state index in [1.165, 1.54) is 0 Å². The van der Waals surface area contributed by atoms with Gasteiger partial charge in [0.2, 0.25) is 0 Å². The Hall–Kier alpha value is -2.88. The van der Waals surface area contributed by atoms with Gasteiger partial charge in [-0.2, -0.15) is 10.4 Å². The van der Waals surface area contributed by atoms with E-state index in [9.17, 15) is 4.79 Å². The van der Waals surface area contributed by atoms with Crippen molar-refractivity contribution in [3.05, 3.63) is 41.5 Å². The van der Waals surface area contributed by atoms with E-state index < -0.39 is 0 Å². The Morgan fingerprint density at radius 3 is 2.67 bits per heavy atom. The van der Waals surface area contributed by atoms with E-state index >= 15 is 0 Å². The summed E-state index contributed by atoms with van der Waals surface area (Å²) in [5.41, 5.74) is 2.86. The van der Waals surface area contributed by atoms with E-state index in [1.54, 1.807) is 23.0 Å². The van der Waals surface area contributed by atoms with Gasteiger partial charge in [-0.1, -0.05) is 0 Å². The molecule has 0 unspecified atom stereocenters.